The second-order valence-electron chi connectivity index (χ2n) is 9.13. The second-order valence-corrected chi connectivity index (χ2v) is 11.6. The van der Waals surface area contributed by atoms with Crippen molar-refractivity contribution < 1.29 is 8.42 Å². The Balaban J connectivity index is 1.74. The number of hydrogen-bond donors (Lipinski definition) is 3. The summed E-state index contributed by atoms with van der Waals surface area (Å²) in [6, 6.07) is 13.6. The molecule has 5 rings (SSSR count). The quantitative estimate of drug-likeness (QED) is 0.365. The molecule has 7 nitrogen and oxygen atoms in total. The van der Waals surface area contributed by atoms with Crippen LogP contribution in [0.25, 0.3) is 33.5 Å². The van der Waals surface area contributed by atoms with Gasteiger partial charge in [0.1, 0.15) is 11.3 Å². The summed E-state index contributed by atoms with van der Waals surface area (Å²) in [6.45, 7) is 3.35. The minimum Gasteiger partial charge on any atom is -0.369 e. The average Bonchev–Trinajstić information content (AvgIpc) is 3.42. The number of H-pyrrole nitrogens is 2. The number of nitrogens with two attached hydrogens (primary N) is 1. The number of nitrogens with one attached hydrogen (secondary N) is 2. The smallest absolute Gasteiger partial charge is 0.198 e. The van der Waals surface area contributed by atoms with Crippen LogP contribution in [-0.4, -0.2) is 33.6 Å². The highest BCUT2D eigenvalue weighted by Gasteiger charge is 2.27. The van der Waals surface area contributed by atoms with Gasteiger partial charge in [-0.05, 0) is 38.8 Å². The first-order valence-corrected chi connectivity index (χ1v) is 13.1. The molecule has 172 valence electrons. The molecule has 1 aliphatic carbocycles. The van der Waals surface area contributed by atoms with Gasteiger partial charge in [0.2, 0.25) is 0 Å². The lowest BCUT2D eigenvalue weighted by molar-refractivity contribution is 0.431. The second kappa shape index (κ2) is 8.33. The van der Waals surface area contributed by atoms with Crippen molar-refractivity contribution in [1.82, 2.24) is 19.9 Å². The summed E-state index contributed by atoms with van der Waals surface area (Å²) >= 11 is 0. The molecular formula is C25H29N5O2S. The van der Waals surface area contributed by atoms with Gasteiger partial charge in [-0.15, -0.1) is 0 Å². The molecule has 33 heavy (non-hydrogen) atoms. The van der Waals surface area contributed by atoms with Crippen LogP contribution >= 0.6 is 0 Å². The van der Waals surface area contributed by atoms with Crippen LogP contribution < -0.4 is 5.73 Å². The molecule has 0 unspecified atom stereocenters. The van der Waals surface area contributed by atoms with E-state index in [9.17, 15) is 8.42 Å². The molecule has 2 heterocycles. The normalized spacial score (nSPS) is 15.5. The van der Waals surface area contributed by atoms with E-state index in [1.807, 2.05) is 36.4 Å². The molecule has 1 fully saturated rings. The van der Waals surface area contributed by atoms with E-state index in [-0.39, 0.29) is 10.8 Å². The fraction of sp³-hybridized carbons (Fsp3) is 0.360. The van der Waals surface area contributed by atoms with Gasteiger partial charge in [-0.2, -0.15) is 0 Å². The molecule has 1 aliphatic rings. The van der Waals surface area contributed by atoms with Gasteiger partial charge in [-0.3, -0.25) is 0 Å². The third kappa shape index (κ3) is 3.93. The summed E-state index contributed by atoms with van der Waals surface area (Å²) in [5, 5.41) is -0.584. The number of rotatable bonds is 5. The number of fused-ring (bicyclic) bond motifs is 1. The number of anilines is 1. The topological polar surface area (TPSA) is 118 Å². The number of hydrogen-bond acceptors (Lipinski definition) is 5. The zero-order chi connectivity index (χ0) is 23.2. The van der Waals surface area contributed by atoms with E-state index in [0.29, 0.717) is 17.0 Å². The zero-order valence-electron chi connectivity index (χ0n) is 18.9. The van der Waals surface area contributed by atoms with Crippen molar-refractivity contribution in [3.8, 4) is 22.5 Å². The van der Waals surface area contributed by atoms with Crippen molar-refractivity contribution in [1.29, 1.82) is 0 Å². The first kappa shape index (κ1) is 21.7. The standard InChI is InChI=1S/C25H29N5O2S/c1-15(2)33(31,32)20-14-18(13-19-23(20)30-25(26)27-19)22-21(16-9-5-3-6-10-16)28-24(29-22)17-11-7-4-8-12-17/h3,5-6,9-10,13-15,17H,4,7-8,11-12H2,1-2H3,(H,28,29)(H3,26,27,30). The van der Waals surface area contributed by atoms with E-state index < -0.39 is 15.1 Å². The fourth-order valence-corrected chi connectivity index (χ4v) is 5.92. The van der Waals surface area contributed by atoms with E-state index >= 15 is 0 Å². The lowest BCUT2D eigenvalue weighted by atomic mass is 9.89. The Hall–Kier alpha value is -3.13. The summed E-state index contributed by atoms with van der Waals surface area (Å²) in [4.78, 5) is 16.1. The van der Waals surface area contributed by atoms with Gasteiger partial charge in [0.05, 0.1) is 27.0 Å². The molecule has 0 aliphatic heterocycles. The number of imidazole rings is 2. The minimum atomic E-state index is -3.59. The van der Waals surface area contributed by atoms with Gasteiger partial charge in [0.25, 0.3) is 0 Å². The number of aromatic amines is 2. The number of nitrogen functional groups attached to an aromatic ring is 1. The van der Waals surface area contributed by atoms with Gasteiger partial charge < -0.3 is 15.7 Å². The average molecular weight is 464 g/mol. The van der Waals surface area contributed by atoms with Gasteiger partial charge in [-0.1, -0.05) is 49.6 Å². The van der Waals surface area contributed by atoms with Crippen LogP contribution in [0, 0.1) is 0 Å². The van der Waals surface area contributed by atoms with E-state index in [2.05, 4.69) is 15.0 Å². The summed E-state index contributed by atoms with van der Waals surface area (Å²) < 4.78 is 26.4. The Bertz CT molecular complexity index is 1400. The molecule has 2 aromatic carbocycles. The highest BCUT2D eigenvalue weighted by molar-refractivity contribution is 7.92. The Labute approximate surface area is 193 Å². The fourth-order valence-electron chi connectivity index (χ4n) is 4.70. The van der Waals surface area contributed by atoms with E-state index in [0.717, 1.165) is 41.2 Å². The van der Waals surface area contributed by atoms with Crippen LogP contribution in [-0.2, 0) is 9.84 Å². The maximum absolute atomic E-state index is 13.2. The molecule has 1 saturated carbocycles. The number of benzene rings is 2. The summed E-state index contributed by atoms with van der Waals surface area (Å²) in [5.74, 6) is 1.55. The molecule has 8 heteroatoms. The van der Waals surface area contributed by atoms with Gasteiger partial charge >= 0.3 is 0 Å². The third-order valence-electron chi connectivity index (χ3n) is 6.55. The van der Waals surface area contributed by atoms with Crippen LogP contribution in [0.2, 0.25) is 0 Å². The van der Waals surface area contributed by atoms with E-state index in [4.69, 9.17) is 10.7 Å². The van der Waals surface area contributed by atoms with Crippen LogP contribution in [0.5, 0.6) is 0 Å². The summed E-state index contributed by atoms with van der Waals surface area (Å²) in [6.07, 6.45) is 5.91. The van der Waals surface area contributed by atoms with Crippen molar-refractivity contribution in [2.75, 3.05) is 5.73 Å². The molecule has 0 spiro atoms. The van der Waals surface area contributed by atoms with Crippen LogP contribution in [0.3, 0.4) is 0 Å². The van der Waals surface area contributed by atoms with Crippen molar-refractivity contribution in [3.05, 3.63) is 48.3 Å². The van der Waals surface area contributed by atoms with Gasteiger partial charge in [0.15, 0.2) is 15.8 Å². The lowest BCUT2D eigenvalue weighted by Crippen LogP contribution is -2.14. The van der Waals surface area contributed by atoms with Crippen LogP contribution in [0.4, 0.5) is 5.95 Å². The molecule has 0 amide bonds. The van der Waals surface area contributed by atoms with E-state index in [1.165, 1.54) is 19.3 Å². The molecule has 0 atom stereocenters. The van der Waals surface area contributed by atoms with E-state index in [1.54, 1.807) is 19.9 Å². The first-order valence-electron chi connectivity index (χ1n) is 11.5. The maximum Gasteiger partial charge on any atom is 0.198 e. The largest absolute Gasteiger partial charge is 0.369 e. The van der Waals surface area contributed by atoms with Crippen LogP contribution in [0.15, 0.2) is 47.4 Å². The Morgan fingerprint density at radius 3 is 2.39 bits per heavy atom. The predicted octanol–water partition coefficient (Wildman–Crippen LogP) is 5.43. The Morgan fingerprint density at radius 1 is 0.970 bits per heavy atom. The number of nitrogens with zero attached hydrogens (tertiary/aromatic N) is 2. The third-order valence-corrected chi connectivity index (χ3v) is 8.71. The SMILES string of the molecule is CC(C)S(=O)(=O)c1cc(-c2nc(C3CCCCC3)[nH]c2-c2ccccc2)cc2[nH]c(N)nc12. The molecule has 4 aromatic rings. The molecule has 2 aromatic heterocycles. The minimum absolute atomic E-state index is 0.180. The highest BCUT2D eigenvalue weighted by atomic mass is 32.2. The Kier molecular flexibility index (Phi) is 5.48. The van der Waals surface area contributed by atoms with Gasteiger partial charge in [0, 0.05) is 17.0 Å². The number of aromatic nitrogens is 4. The molecule has 0 radical (unpaired) electrons. The maximum atomic E-state index is 13.2. The first-order chi connectivity index (χ1) is 15.8. The monoisotopic (exact) mass is 463 g/mol. The van der Waals surface area contributed by atoms with Crippen molar-refractivity contribution >= 4 is 26.8 Å². The Morgan fingerprint density at radius 2 is 1.70 bits per heavy atom. The van der Waals surface area contributed by atoms with Crippen molar-refractivity contribution in [2.45, 2.75) is 62.0 Å². The highest BCUT2D eigenvalue weighted by Crippen LogP contribution is 2.39. The van der Waals surface area contributed by atoms with Crippen molar-refractivity contribution in [2.24, 2.45) is 0 Å². The predicted molar refractivity (Wildman–Crippen MR) is 132 cm³/mol. The molecular weight excluding hydrogens is 434 g/mol. The number of sulfone groups is 1. The lowest BCUT2D eigenvalue weighted by Gasteiger charge is -2.19. The summed E-state index contributed by atoms with van der Waals surface area (Å²) in [7, 11) is -3.59. The molecule has 0 bridgehead atoms. The molecule has 4 N–H and O–H groups in total. The van der Waals surface area contributed by atoms with Gasteiger partial charge in [-0.25, -0.2) is 18.4 Å². The van der Waals surface area contributed by atoms with Crippen molar-refractivity contribution in [3.63, 3.8) is 0 Å². The summed E-state index contributed by atoms with van der Waals surface area (Å²) in [5.41, 5.74) is 10.2. The molecule has 0 saturated heterocycles. The zero-order valence-corrected chi connectivity index (χ0v) is 19.7. The van der Waals surface area contributed by atoms with Crippen LogP contribution in [0.1, 0.15) is 57.7 Å².